The molecule has 2 aromatic heterocycles. The number of hydrogen-bond donors (Lipinski definition) is 1. The molecule has 3 aromatic rings. The highest BCUT2D eigenvalue weighted by Gasteiger charge is 2.08. The van der Waals surface area contributed by atoms with Crippen LogP contribution >= 0.6 is 0 Å². The summed E-state index contributed by atoms with van der Waals surface area (Å²) in [6.45, 7) is 4.96. The number of para-hydroxylation sites is 1. The Morgan fingerprint density at radius 2 is 1.90 bits per heavy atom. The summed E-state index contributed by atoms with van der Waals surface area (Å²) in [5.41, 5.74) is 4.16. The van der Waals surface area contributed by atoms with Crippen molar-refractivity contribution in [1.29, 1.82) is 0 Å². The fourth-order valence-corrected chi connectivity index (χ4v) is 2.39. The Bertz CT molecular complexity index is 768. The van der Waals surface area contributed by atoms with Crippen molar-refractivity contribution < 1.29 is 0 Å². The van der Waals surface area contributed by atoms with Gasteiger partial charge in [-0.05, 0) is 26.0 Å². The van der Waals surface area contributed by atoms with Crippen LogP contribution in [-0.2, 0) is 6.42 Å². The number of anilines is 1. The van der Waals surface area contributed by atoms with E-state index in [2.05, 4.69) is 40.4 Å². The van der Waals surface area contributed by atoms with Crippen molar-refractivity contribution in [1.82, 2.24) is 15.0 Å². The lowest BCUT2D eigenvalue weighted by molar-refractivity contribution is 0.964. The maximum absolute atomic E-state index is 4.71. The number of pyridine rings is 1. The SMILES string of the molecule is CCNc1ncnc(Cc2ccc3ccccc3n2)c1C. The van der Waals surface area contributed by atoms with Gasteiger partial charge in [0.05, 0.1) is 11.2 Å². The summed E-state index contributed by atoms with van der Waals surface area (Å²) in [5, 5.41) is 4.42. The van der Waals surface area contributed by atoms with E-state index >= 15 is 0 Å². The molecule has 106 valence electrons. The Balaban J connectivity index is 1.93. The monoisotopic (exact) mass is 278 g/mol. The van der Waals surface area contributed by atoms with Gasteiger partial charge >= 0.3 is 0 Å². The Labute approximate surface area is 124 Å². The fraction of sp³-hybridized carbons (Fsp3) is 0.235. The Morgan fingerprint density at radius 3 is 2.76 bits per heavy atom. The predicted octanol–water partition coefficient (Wildman–Crippen LogP) is 3.36. The largest absolute Gasteiger partial charge is 0.370 e. The summed E-state index contributed by atoms with van der Waals surface area (Å²) in [4.78, 5) is 13.4. The summed E-state index contributed by atoms with van der Waals surface area (Å²) in [7, 11) is 0. The molecule has 2 heterocycles. The molecule has 0 aliphatic heterocycles. The smallest absolute Gasteiger partial charge is 0.132 e. The van der Waals surface area contributed by atoms with E-state index in [0.29, 0.717) is 0 Å². The first kappa shape index (κ1) is 13.5. The Morgan fingerprint density at radius 1 is 1.05 bits per heavy atom. The lowest BCUT2D eigenvalue weighted by Gasteiger charge is -2.10. The molecule has 0 spiro atoms. The van der Waals surface area contributed by atoms with Crippen LogP contribution in [0.5, 0.6) is 0 Å². The van der Waals surface area contributed by atoms with Gasteiger partial charge in [-0.1, -0.05) is 24.3 Å². The highest BCUT2D eigenvalue weighted by atomic mass is 15.0. The van der Waals surface area contributed by atoms with E-state index in [9.17, 15) is 0 Å². The van der Waals surface area contributed by atoms with Gasteiger partial charge in [0.1, 0.15) is 12.1 Å². The highest BCUT2D eigenvalue weighted by molar-refractivity contribution is 5.78. The van der Waals surface area contributed by atoms with Crippen molar-refractivity contribution >= 4 is 16.7 Å². The number of nitrogens with zero attached hydrogens (tertiary/aromatic N) is 3. The van der Waals surface area contributed by atoms with Gasteiger partial charge in [-0.25, -0.2) is 9.97 Å². The van der Waals surface area contributed by atoms with E-state index in [4.69, 9.17) is 4.98 Å². The zero-order chi connectivity index (χ0) is 14.7. The molecule has 0 aliphatic rings. The summed E-state index contributed by atoms with van der Waals surface area (Å²) < 4.78 is 0. The standard InChI is InChI=1S/C17H18N4/c1-3-18-17-12(2)16(19-11-20-17)10-14-9-8-13-6-4-5-7-15(13)21-14/h4-9,11H,3,10H2,1-2H3,(H,18,19,20). The minimum Gasteiger partial charge on any atom is -0.370 e. The van der Waals surface area contributed by atoms with Crippen LogP contribution in [0.3, 0.4) is 0 Å². The van der Waals surface area contributed by atoms with Crippen LogP contribution in [0.1, 0.15) is 23.9 Å². The maximum Gasteiger partial charge on any atom is 0.132 e. The lowest BCUT2D eigenvalue weighted by atomic mass is 10.1. The van der Waals surface area contributed by atoms with E-state index in [1.54, 1.807) is 6.33 Å². The second kappa shape index (κ2) is 5.87. The molecule has 0 aliphatic carbocycles. The van der Waals surface area contributed by atoms with Gasteiger partial charge in [-0.2, -0.15) is 0 Å². The lowest BCUT2D eigenvalue weighted by Crippen LogP contribution is -2.06. The maximum atomic E-state index is 4.71. The minimum atomic E-state index is 0.720. The summed E-state index contributed by atoms with van der Waals surface area (Å²) in [6.07, 6.45) is 2.33. The normalized spacial score (nSPS) is 10.8. The molecule has 21 heavy (non-hydrogen) atoms. The van der Waals surface area contributed by atoms with Crippen molar-refractivity contribution in [3.05, 3.63) is 59.7 Å². The van der Waals surface area contributed by atoms with Gasteiger partial charge in [-0.3, -0.25) is 4.98 Å². The third-order valence-corrected chi connectivity index (χ3v) is 3.54. The molecule has 0 fully saturated rings. The molecule has 4 nitrogen and oxygen atoms in total. The molecule has 1 aromatic carbocycles. The third-order valence-electron chi connectivity index (χ3n) is 3.54. The quantitative estimate of drug-likeness (QED) is 0.795. The van der Waals surface area contributed by atoms with Crippen LogP contribution in [0.25, 0.3) is 10.9 Å². The zero-order valence-corrected chi connectivity index (χ0v) is 12.3. The summed E-state index contributed by atoms with van der Waals surface area (Å²) in [5.74, 6) is 0.906. The van der Waals surface area contributed by atoms with Gasteiger partial charge in [0.2, 0.25) is 0 Å². The highest BCUT2D eigenvalue weighted by Crippen LogP contribution is 2.18. The second-order valence-corrected chi connectivity index (χ2v) is 5.00. The molecule has 0 bridgehead atoms. The van der Waals surface area contributed by atoms with Gasteiger partial charge in [0, 0.05) is 29.6 Å². The van der Waals surface area contributed by atoms with Crippen molar-refractivity contribution in [3.8, 4) is 0 Å². The number of nitrogens with one attached hydrogen (secondary N) is 1. The Kier molecular flexibility index (Phi) is 3.77. The van der Waals surface area contributed by atoms with Crippen LogP contribution in [0.15, 0.2) is 42.7 Å². The molecular weight excluding hydrogens is 260 g/mol. The fourth-order valence-electron chi connectivity index (χ4n) is 2.39. The van der Waals surface area contributed by atoms with Gasteiger partial charge in [0.15, 0.2) is 0 Å². The topological polar surface area (TPSA) is 50.7 Å². The van der Waals surface area contributed by atoms with Crippen molar-refractivity contribution in [2.45, 2.75) is 20.3 Å². The van der Waals surface area contributed by atoms with E-state index in [0.717, 1.165) is 46.6 Å². The second-order valence-electron chi connectivity index (χ2n) is 5.00. The molecule has 0 saturated carbocycles. The van der Waals surface area contributed by atoms with Crippen molar-refractivity contribution in [3.63, 3.8) is 0 Å². The molecule has 0 atom stereocenters. The summed E-state index contributed by atoms with van der Waals surface area (Å²) in [6, 6.07) is 12.3. The number of hydrogen-bond acceptors (Lipinski definition) is 4. The number of benzene rings is 1. The summed E-state index contributed by atoms with van der Waals surface area (Å²) >= 11 is 0. The average Bonchev–Trinajstić information content (AvgIpc) is 2.51. The number of fused-ring (bicyclic) bond motifs is 1. The van der Waals surface area contributed by atoms with Crippen LogP contribution in [0, 0.1) is 6.92 Å². The molecule has 4 heteroatoms. The van der Waals surface area contributed by atoms with Crippen LogP contribution in [0.2, 0.25) is 0 Å². The van der Waals surface area contributed by atoms with Gasteiger partial charge in [-0.15, -0.1) is 0 Å². The van der Waals surface area contributed by atoms with E-state index in [1.807, 2.05) is 25.1 Å². The number of aromatic nitrogens is 3. The first-order valence-corrected chi connectivity index (χ1v) is 7.17. The molecule has 0 amide bonds. The number of rotatable bonds is 4. The first-order chi connectivity index (χ1) is 10.3. The zero-order valence-electron chi connectivity index (χ0n) is 12.3. The average molecular weight is 278 g/mol. The van der Waals surface area contributed by atoms with Crippen LogP contribution < -0.4 is 5.32 Å². The van der Waals surface area contributed by atoms with Crippen molar-refractivity contribution in [2.24, 2.45) is 0 Å². The van der Waals surface area contributed by atoms with E-state index < -0.39 is 0 Å². The predicted molar refractivity (Wildman–Crippen MR) is 85.5 cm³/mol. The van der Waals surface area contributed by atoms with E-state index in [1.165, 1.54) is 0 Å². The van der Waals surface area contributed by atoms with Crippen molar-refractivity contribution in [2.75, 3.05) is 11.9 Å². The Hall–Kier alpha value is -2.49. The first-order valence-electron chi connectivity index (χ1n) is 7.17. The molecule has 1 N–H and O–H groups in total. The molecule has 0 saturated heterocycles. The van der Waals surface area contributed by atoms with E-state index in [-0.39, 0.29) is 0 Å². The van der Waals surface area contributed by atoms with Crippen LogP contribution in [-0.4, -0.2) is 21.5 Å². The van der Waals surface area contributed by atoms with Crippen LogP contribution in [0.4, 0.5) is 5.82 Å². The third kappa shape index (κ3) is 2.84. The molecular formula is C17H18N4. The van der Waals surface area contributed by atoms with Gasteiger partial charge < -0.3 is 5.32 Å². The minimum absolute atomic E-state index is 0.720. The van der Waals surface area contributed by atoms with Gasteiger partial charge in [0.25, 0.3) is 0 Å². The molecule has 3 rings (SSSR count). The molecule has 0 radical (unpaired) electrons. The molecule has 0 unspecified atom stereocenters.